The van der Waals surface area contributed by atoms with Gasteiger partial charge in [-0.1, -0.05) is 35.4 Å². The van der Waals surface area contributed by atoms with Crippen molar-refractivity contribution in [3.63, 3.8) is 0 Å². The van der Waals surface area contributed by atoms with Gasteiger partial charge in [-0.25, -0.2) is 4.21 Å². The first-order chi connectivity index (χ1) is 13.3. The number of carbonyl (C=O) groups is 1. The van der Waals surface area contributed by atoms with E-state index in [2.05, 4.69) is 0 Å². The van der Waals surface area contributed by atoms with Crippen LogP contribution >= 0.6 is 11.6 Å². The molecule has 0 bridgehead atoms. The third-order valence-electron chi connectivity index (χ3n) is 4.10. The van der Waals surface area contributed by atoms with Gasteiger partial charge in [-0.15, -0.1) is 0 Å². The minimum absolute atomic E-state index is 0.0407. The number of nitrogens with zero attached hydrogens (tertiary/aromatic N) is 3. The Morgan fingerprint density at radius 2 is 1.86 bits per heavy atom. The number of halogens is 1. The fourth-order valence-electron chi connectivity index (χ4n) is 2.78. The second-order valence-corrected chi connectivity index (χ2v) is 8.31. The number of allylic oxidation sites excluding steroid dienone is 1. The summed E-state index contributed by atoms with van der Waals surface area (Å²) >= 11 is 6.14. The first kappa shape index (κ1) is 19.9. The molecule has 0 saturated heterocycles. The molecule has 0 amide bonds. The number of benzene rings is 2. The molecule has 28 heavy (non-hydrogen) atoms. The highest BCUT2D eigenvalue weighted by atomic mass is 35.5. The lowest BCUT2D eigenvalue weighted by molar-refractivity contribution is 0.103. The van der Waals surface area contributed by atoms with E-state index in [0.717, 1.165) is 10.9 Å². The Hall–Kier alpha value is -2.88. The SMILES string of the molecule is Cc1ccc(S(=O)n2c(C(=O)/C(C#N)=C/N(C)C)cc3ccc(Cl)cc32)cc1. The lowest BCUT2D eigenvalue weighted by Gasteiger charge is -2.11. The number of carbonyl (C=O) groups excluding carboxylic acids is 1. The Bertz CT molecular complexity index is 1150. The van der Waals surface area contributed by atoms with E-state index in [0.29, 0.717) is 15.4 Å². The van der Waals surface area contributed by atoms with Gasteiger partial charge in [-0.2, -0.15) is 5.26 Å². The third-order valence-corrected chi connectivity index (χ3v) is 5.73. The minimum Gasteiger partial charge on any atom is -0.382 e. The second-order valence-electron chi connectivity index (χ2n) is 6.54. The molecule has 7 heteroatoms. The number of nitriles is 1. The molecule has 0 aliphatic heterocycles. The van der Waals surface area contributed by atoms with Gasteiger partial charge in [-0.3, -0.25) is 8.77 Å². The summed E-state index contributed by atoms with van der Waals surface area (Å²) in [6.45, 7) is 1.94. The average Bonchev–Trinajstić information content (AvgIpc) is 3.03. The molecule has 1 heterocycles. The summed E-state index contributed by atoms with van der Waals surface area (Å²) in [6.07, 6.45) is 1.45. The van der Waals surface area contributed by atoms with Crippen LogP contribution in [0.4, 0.5) is 0 Å². The van der Waals surface area contributed by atoms with E-state index in [-0.39, 0.29) is 11.3 Å². The molecule has 0 aliphatic rings. The highest BCUT2D eigenvalue weighted by Crippen LogP contribution is 2.28. The van der Waals surface area contributed by atoms with Gasteiger partial charge in [0.2, 0.25) is 5.78 Å². The summed E-state index contributed by atoms with van der Waals surface area (Å²) in [5.74, 6) is -0.496. The zero-order chi connectivity index (χ0) is 20.4. The van der Waals surface area contributed by atoms with E-state index in [9.17, 15) is 14.3 Å². The molecular weight excluding hydrogens is 394 g/mol. The Balaban J connectivity index is 2.25. The van der Waals surface area contributed by atoms with Gasteiger partial charge in [0.1, 0.15) is 17.3 Å². The van der Waals surface area contributed by atoms with Crippen LogP contribution in [0.5, 0.6) is 0 Å². The second kappa shape index (κ2) is 8.01. The first-order valence-electron chi connectivity index (χ1n) is 8.45. The highest BCUT2D eigenvalue weighted by Gasteiger charge is 2.23. The maximum atomic E-state index is 13.4. The molecule has 3 rings (SSSR count). The van der Waals surface area contributed by atoms with Crippen LogP contribution in [0.2, 0.25) is 5.02 Å². The van der Waals surface area contributed by atoms with Crippen molar-refractivity contribution in [2.75, 3.05) is 14.1 Å². The van der Waals surface area contributed by atoms with Crippen molar-refractivity contribution in [2.24, 2.45) is 0 Å². The molecular formula is C21H18ClN3O2S. The molecule has 0 fully saturated rings. The van der Waals surface area contributed by atoms with E-state index in [1.807, 2.05) is 25.1 Å². The predicted octanol–water partition coefficient (Wildman–Crippen LogP) is 4.33. The molecule has 0 saturated carbocycles. The van der Waals surface area contributed by atoms with E-state index < -0.39 is 16.8 Å². The predicted molar refractivity (Wildman–Crippen MR) is 112 cm³/mol. The summed E-state index contributed by atoms with van der Waals surface area (Å²) < 4.78 is 14.8. The Kier molecular flexibility index (Phi) is 5.68. The molecule has 1 aromatic heterocycles. The van der Waals surface area contributed by atoms with Crippen molar-refractivity contribution in [1.82, 2.24) is 8.87 Å². The van der Waals surface area contributed by atoms with Crippen LogP contribution in [0.25, 0.3) is 10.9 Å². The number of aromatic nitrogens is 1. The molecule has 142 valence electrons. The summed E-state index contributed by atoms with van der Waals surface area (Å²) in [6, 6.07) is 16.0. The summed E-state index contributed by atoms with van der Waals surface area (Å²) in [5.41, 5.74) is 1.74. The Morgan fingerprint density at radius 3 is 2.46 bits per heavy atom. The van der Waals surface area contributed by atoms with E-state index in [1.54, 1.807) is 55.4 Å². The normalized spacial score (nSPS) is 12.6. The summed E-state index contributed by atoms with van der Waals surface area (Å²) in [7, 11) is 1.77. The van der Waals surface area contributed by atoms with Gasteiger partial charge >= 0.3 is 0 Å². The van der Waals surface area contributed by atoms with E-state index in [4.69, 9.17) is 11.6 Å². The van der Waals surface area contributed by atoms with Gasteiger partial charge in [0.25, 0.3) is 0 Å². The highest BCUT2D eigenvalue weighted by molar-refractivity contribution is 7.83. The van der Waals surface area contributed by atoms with Crippen molar-refractivity contribution in [2.45, 2.75) is 11.8 Å². The van der Waals surface area contributed by atoms with Crippen LogP contribution < -0.4 is 0 Å². The number of rotatable bonds is 5. The van der Waals surface area contributed by atoms with Crippen molar-refractivity contribution < 1.29 is 9.00 Å². The van der Waals surface area contributed by atoms with Crippen molar-refractivity contribution in [3.05, 3.63) is 76.6 Å². The lowest BCUT2D eigenvalue weighted by Crippen LogP contribution is -2.16. The van der Waals surface area contributed by atoms with Crippen LogP contribution in [0, 0.1) is 18.3 Å². The molecule has 1 unspecified atom stereocenters. The van der Waals surface area contributed by atoms with Crippen molar-refractivity contribution in [3.8, 4) is 6.07 Å². The fourth-order valence-corrected chi connectivity index (χ4v) is 4.18. The third kappa shape index (κ3) is 3.86. The quantitative estimate of drug-likeness (QED) is 0.356. The van der Waals surface area contributed by atoms with Gasteiger partial charge in [0.05, 0.1) is 10.4 Å². The number of aryl methyl sites for hydroxylation is 1. The fraction of sp³-hybridized carbons (Fsp3) is 0.143. The van der Waals surface area contributed by atoms with E-state index >= 15 is 0 Å². The summed E-state index contributed by atoms with van der Waals surface area (Å²) in [4.78, 5) is 15.2. The molecule has 3 aromatic rings. The Morgan fingerprint density at radius 1 is 1.18 bits per heavy atom. The monoisotopic (exact) mass is 411 g/mol. The number of hydrogen-bond acceptors (Lipinski definition) is 4. The largest absolute Gasteiger partial charge is 0.382 e. The van der Waals surface area contributed by atoms with Gasteiger partial charge in [0.15, 0.2) is 11.0 Å². The number of hydrogen-bond donors (Lipinski definition) is 0. The Labute approximate surface area is 171 Å². The zero-order valence-corrected chi connectivity index (χ0v) is 17.2. The minimum atomic E-state index is -1.68. The van der Waals surface area contributed by atoms with Crippen LogP contribution in [-0.2, 0) is 11.0 Å². The van der Waals surface area contributed by atoms with Crippen LogP contribution in [-0.4, -0.2) is 33.0 Å². The van der Waals surface area contributed by atoms with Crippen LogP contribution in [0.1, 0.15) is 16.1 Å². The zero-order valence-electron chi connectivity index (χ0n) is 15.6. The van der Waals surface area contributed by atoms with Crippen LogP contribution in [0.3, 0.4) is 0 Å². The molecule has 2 aromatic carbocycles. The molecule has 0 aliphatic carbocycles. The van der Waals surface area contributed by atoms with Gasteiger partial charge < -0.3 is 4.90 Å². The molecule has 0 N–H and O–H groups in total. The lowest BCUT2D eigenvalue weighted by atomic mass is 10.1. The number of Topliss-reactive ketones (excluding diaryl/α,β-unsaturated/α-hetero) is 1. The molecule has 1 atom stereocenters. The maximum Gasteiger partial charge on any atom is 0.222 e. The van der Waals surface area contributed by atoms with Crippen LogP contribution in [0.15, 0.2) is 65.2 Å². The standard InChI is InChI=1S/C21H18ClN3O2S/c1-14-4-8-18(9-5-14)28(27)25-19-11-17(22)7-6-15(19)10-20(25)21(26)16(12-23)13-24(2)3/h4-11,13H,1-3H3/b16-13+. The maximum absolute atomic E-state index is 13.4. The number of ketones is 1. The smallest absolute Gasteiger partial charge is 0.222 e. The topological polar surface area (TPSA) is 66.1 Å². The molecule has 0 spiro atoms. The molecule has 5 nitrogen and oxygen atoms in total. The molecule has 0 radical (unpaired) electrons. The van der Waals surface area contributed by atoms with Crippen molar-refractivity contribution in [1.29, 1.82) is 5.26 Å². The average molecular weight is 412 g/mol. The van der Waals surface area contributed by atoms with Gasteiger partial charge in [-0.05, 0) is 37.3 Å². The van der Waals surface area contributed by atoms with Crippen molar-refractivity contribution >= 4 is 39.3 Å². The number of fused-ring (bicyclic) bond motifs is 1. The van der Waals surface area contributed by atoms with E-state index in [1.165, 1.54) is 10.2 Å². The summed E-state index contributed by atoms with van der Waals surface area (Å²) in [5, 5.41) is 10.6. The van der Waals surface area contributed by atoms with Gasteiger partial charge in [0, 0.05) is 30.7 Å². The first-order valence-corrected chi connectivity index (χ1v) is 9.93.